The van der Waals surface area contributed by atoms with Gasteiger partial charge in [-0.3, -0.25) is 0 Å². The topological polar surface area (TPSA) is 21.3 Å². The Morgan fingerprint density at radius 1 is 1.24 bits per heavy atom. The lowest BCUT2D eigenvalue weighted by Gasteiger charge is -2.43. The molecule has 4 unspecified atom stereocenters. The van der Waals surface area contributed by atoms with Gasteiger partial charge in [-0.05, 0) is 49.3 Å². The van der Waals surface area contributed by atoms with Crippen molar-refractivity contribution in [1.29, 1.82) is 0 Å². The minimum absolute atomic E-state index is 0.350. The minimum Gasteiger partial charge on any atom is -0.486 e. The van der Waals surface area contributed by atoms with Crippen molar-refractivity contribution in [3.05, 3.63) is 23.8 Å². The maximum atomic E-state index is 6.20. The van der Waals surface area contributed by atoms with Crippen molar-refractivity contribution >= 4 is 5.69 Å². The van der Waals surface area contributed by atoms with Crippen molar-refractivity contribution in [1.82, 2.24) is 0 Å². The van der Waals surface area contributed by atoms with Gasteiger partial charge in [-0.15, -0.1) is 0 Å². The average molecular weight is 231 g/mol. The number of hydrogen-bond acceptors (Lipinski definition) is 2. The Morgan fingerprint density at radius 2 is 2.06 bits per heavy atom. The van der Waals surface area contributed by atoms with Gasteiger partial charge < -0.3 is 10.1 Å². The molecule has 1 aromatic rings. The molecule has 92 valence electrons. The Kier molecular flexibility index (Phi) is 2.53. The van der Waals surface area contributed by atoms with Crippen LogP contribution in [0.2, 0.25) is 0 Å². The van der Waals surface area contributed by atoms with E-state index < -0.39 is 0 Å². The maximum Gasteiger partial charge on any atom is 0.143 e. The standard InChI is InChI=1S/C15H21NO/c1-9-4-5-12-13(7-9)17-14-8-10(2)6-11(3)15(14)16-12/h4-5,7,10-11,14-16H,6,8H2,1-3H3. The summed E-state index contributed by atoms with van der Waals surface area (Å²) in [5, 5.41) is 3.67. The first-order chi connectivity index (χ1) is 8.13. The van der Waals surface area contributed by atoms with E-state index in [2.05, 4.69) is 44.3 Å². The molecule has 1 N–H and O–H groups in total. The summed E-state index contributed by atoms with van der Waals surface area (Å²) in [6, 6.07) is 6.92. The highest BCUT2D eigenvalue weighted by molar-refractivity contribution is 5.60. The van der Waals surface area contributed by atoms with Crippen LogP contribution in [0.5, 0.6) is 5.75 Å². The molecule has 1 aromatic carbocycles. The van der Waals surface area contributed by atoms with Gasteiger partial charge in [0.05, 0.1) is 11.7 Å². The summed E-state index contributed by atoms with van der Waals surface area (Å²) in [6.07, 6.45) is 2.83. The van der Waals surface area contributed by atoms with E-state index in [-0.39, 0.29) is 0 Å². The molecular formula is C15H21NO. The van der Waals surface area contributed by atoms with E-state index in [9.17, 15) is 0 Å². The highest BCUT2D eigenvalue weighted by Gasteiger charge is 2.38. The van der Waals surface area contributed by atoms with Crippen LogP contribution in [-0.4, -0.2) is 12.1 Å². The van der Waals surface area contributed by atoms with Crippen LogP contribution in [-0.2, 0) is 0 Å². The number of rotatable bonds is 0. The third kappa shape index (κ3) is 1.90. The molecule has 1 fully saturated rings. The van der Waals surface area contributed by atoms with Crippen LogP contribution in [0, 0.1) is 18.8 Å². The van der Waals surface area contributed by atoms with E-state index in [1.165, 1.54) is 24.1 Å². The lowest BCUT2D eigenvalue weighted by molar-refractivity contribution is 0.0776. The molecule has 4 atom stereocenters. The molecule has 17 heavy (non-hydrogen) atoms. The molecule has 0 spiro atoms. The predicted molar refractivity (Wildman–Crippen MR) is 70.6 cm³/mol. The van der Waals surface area contributed by atoms with E-state index >= 15 is 0 Å². The van der Waals surface area contributed by atoms with Gasteiger partial charge in [0.25, 0.3) is 0 Å². The van der Waals surface area contributed by atoms with E-state index in [0.717, 1.165) is 11.7 Å². The molecule has 1 aliphatic carbocycles. The first-order valence-electron chi connectivity index (χ1n) is 6.67. The molecular weight excluding hydrogens is 210 g/mol. The fourth-order valence-corrected chi connectivity index (χ4v) is 3.33. The summed E-state index contributed by atoms with van der Waals surface area (Å²) in [4.78, 5) is 0. The lowest BCUT2D eigenvalue weighted by atomic mass is 9.77. The van der Waals surface area contributed by atoms with Crippen LogP contribution in [0.1, 0.15) is 32.3 Å². The quantitative estimate of drug-likeness (QED) is 0.736. The number of fused-ring (bicyclic) bond motifs is 2. The van der Waals surface area contributed by atoms with E-state index in [0.29, 0.717) is 18.1 Å². The first kappa shape index (κ1) is 10.9. The van der Waals surface area contributed by atoms with Crippen molar-refractivity contribution in [2.24, 2.45) is 11.8 Å². The van der Waals surface area contributed by atoms with Gasteiger partial charge in [0, 0.05) is 0 Å². The van der Waals surface area contributed by atoms with E-state index in [1.54, 1.807) is 0 Å². The normalized spacial score (nSPS) is 35.2. The second-order valence-electron chi connectivity index (χ2n) is 5.88. The smallest absolute Gasteiger partial charge is 0.143 e. The highest BCUT2D eigenvalue weighted by atomic mass is 16.5. The number of benzene rings is 1. The van der Waals surface area contributed by atoms with Crippen LogP contribution in [0.15, 0.2) is 18.2 Å². The van der Waals surface area contributed by atoms with Crippen molar-refractivity contribution in [3.63, 3.8) is 0 Å². The van der Waals surface area contributed by atoms with Gasteiger partial charge >= 0.3 is 0 Å². The highest BCUT2D eigenvalue weighted by Crippen LogP contribution is 2.40. The number of nitrogens with one attached hydrogen (secondary N) is 1. The van der Waals surface area contributed by atoms with Gasteiger partial charge in [0.1, 0.15) is 11.9 Å². The van der Waals surface area contributed by atoms with Crippen LogP contribution < -0.4 is 10.1 Å². The number of aryl methyl sites for hydroxylation is 1. The Balaban J connectivity index is 1.91. The van der Waals surface area contributed by atoms with Gasteiger partial charge in [0.15, 0.2) is 0 Å². The fraction of sp³-hybridized carbons (Fsp3) is 0.600. The second-order valence-corrected chi connectivity index (χ2v) is 5.88. The molecule has 1 heterocycles. The monoisotopic (exact) mass is 231 g/mol. The predicted octanol–water partition coefficient (Wildman–Crippen LogP) is 3.60. The van der Waals surface area contributed by atoms with Crippen molar-refractivity contribution < 1.29 is 4.74 Å². The third-order valence-electron chi connectivity index (χ3n) is 4.16. The van der Waals surface area contributed by atoms with Crippen molar-refractivity contribution in [2.45, 2.75) is 45.8 Å². The molecule has 0 aromatic heterocycles. The SMILES string of the molecule is Cc1ccc2c(c1)OC1CC(C)CC(C)C1N2. The summed E-state index contributed by atoms with van der Waals surface area (Å²) >= 11 is 0. The Labute approximate surface area is 103 Å². The van der Waals surface area contributed by atoms with E-state index in [4.69, 9.17) is 4.74 Å². The molecule has 1 saturated carbocycles. The average Bonchev–Trinajstić information content (AvgIpc) is 2.26. The molecule has 2 nitrogen and oxygen atoms in total. The summed E-state index contributed by atoms with van der Waals surface area (Å²) in [6.45, 7) is 6.78. The van der Waals surface area contributed by atoms with Gasteiger partial charge in [0.2, 0.25) is 0 Å². The van der Waals surface area contributed by atoms with Gasteiger partial charge in [-0.25, -0.2) is 0 Å². The maximum absolute atomic E-state index is 6.20. The summed E-state index contributed by atoms with van der Waals surface area (Å²) in [5.41, 5.74) is 2.43. The molecule has 2 aliphatic rings. The molecule has 0 radical (unpaired) electrons. The van der Waals surface area contributed by atoms with Crippen LogP contribution in [0.4, 0.5) is 5.69 Å². The van der Waals surface area contributed by atoms with Crippen molar-refractivity contribution in [3.8, 4) is 5.75 Å². The molecule has 2 heteroatoms. The zero-order chi connectivity index (χ0) is 12.0. The number of hydrogen-bond donors (Lipinski definition) is 1. The fourth-order valence-electron chi connectivity index (χ4n) is 3.33. The van der Waals surface area contributed by atoms with Gasteiger partial charge in [-0.1, -0.05) is 19.9 Å². The number of anilines is 1. The Morgan fingerprint density at radius 3 is 2.88 bits per heavy atom. The zero-order valence-electron chi connectivity index (χ0n) is 10.9. The molecule has 1 aliphatic heterocycles. The molecule has 0 saturated heterocycles. The lowest BCUT2D eigenvalue weighted by Crippen LogP contribution is -2.49. The van der Waals surface area contributed by atoms with Crippen LogP contribution in [0.3, 0.4) is 0 Å². The molecule has 3 rings (SSSR count). The molecule has 0 bridgehead atoms. The Hall–Kier alpha value is -1.18. The zero-order valence-corrected chi connectivity index (χ0v) is 10.9. The molecule has 0 amide bonds. The third-order valence-corrected chi connectivity index (χ3v) is 4.16. The van der Waals surface area contributed by atoms with E-state index in [1.807, 2.05) is 0 Å². The van der Waals surface area contributed by atoms with Crippen LogP contribution in [0.25, 0.3) is 0 Å². The Bertz CT molecular complexity index is 429. The van der Waals surface area contributed by atoms with Crippen molar-refractivity contribution in [2.75, 3.05) is 5.32 Å². The summed E-state index contributed by atoms with van der Waals surface area (Å²) in [7, 11) is 0. The number of ether oxygens (including phenoxy) is 1. The summed E-state index contributed by atoms with van der Waals surface area (Å²) in [5.74, 6) is 2.50. The second kappa shape index (κ2) is 3.94. The van der Waals surface area contributed by atoms with Gasteiger partial charge in [-0.2, -0.15) is 0 Å². The minimum atomic E-state index is 0.350. The largest absolute Gasteiger partial charge is 0.486 e. The summed E-state index contributed by atoms with van der Waals surface area (Å²) < 4.78 is 6.20. The first-order valence-corrected chi connectivity index (χ1v) is 6.67. The van der Waals surface area contributed by atoms with Crippen LogP contribution >= 0.6 is 0 Å².